The van der Waals surface area contributed by atoms with Crippen molar-refractivity contribution in [3.63, 3.8) is 0 Å². The summed E-state index contributed by atoms with van der Waals surface area (Å²) in [4.78, 5) is 32.8. The number of carbonyl (C=O) groups is 3. The summed E-state index contributed by atoms with van der Waals surface area (Å²) in [6.45, 7) is 1.37. The number of hydrogen-bond donors (Lipinski definition) is 0. The van der Waals surface area contributed by atoms with Crippen LogP contribution in [-0.2, 0) is 18.9 Å². The number of benzene rings is 1. The van der Waals surface area contributed by atoms with Gasteiger partial charge in [-0.05, 0) is 19.1 Å². The quantitative estimate of drug-likeness (QED) is 0.426. The molecule has 0 spiro atoms. The number of hydrogen-bond acceptors (Lipinski definition) is 6. The molecule has 0 saturated carbocycles. The molecule has 0 radical (unpaired) electrons. The molecule has 1 fully saturated rings. The Kier molecular flexibility index (Phi) is 2.82. The van der Waals surface area contributed by atoms with E-state index in [0.29, 0.717) is 5.56 Å². The van der Waals surface area contributed by atoms with Crippen molar-refractivity contribution in [2.45, 2.75) is 6.92 Å². The summed E-state index contributed by atoms with van der Waals surface area (Å²) >= 11 is 0. The van der Waals surface area contributed by atoms with Crippen LogP contribution in [0.15, 0.2) is 24.3 Å². The van der Waals surface area contributed by atoms with E-state index in [9.17, 15) is 14.4 Å². The van der Waals surface area contributed by atoms with E-state index < -0.39 is 19.3 Å². The van der Waals surface area contributed by atoms with Gasteiger partial charge in [0.1, 0.15) is 5.75 Å². The van der Waals surface area contributed by atoms with E-state index >= 15 is 0 Å². The molecule has 0 bridgehead atoms. The highest BCUT2D eigenvalue weighted by atomic mass is 16.8. The van der Waals surface area contributed by atoms with Gasteiger partial charge in [-0.25, -0.2) is 9.59 Å². The zero-order valence-electron chi connectivity index (χ0n) is 8.84. The first-order valence-corrected chi connectivity index (χ1v) is 4.76. The molecule has 86 valence electrons. The summed E-state index contributed by atoms with van der Waals surface area (Å²) in [5, 5.41) is 0. The van der Waals surface area contributed by atoms with Crippen molar-refractivity contribution >= 4 is 25.0 Å². The Bertz CT molecular complexity index is 481. The lowest BCUT2D eigenvalue weighted by Crippen LogP contribution is -2.25. The van der Waals surface area contributed by atoms with Crippen molar-refractivity contribution in [2.24, 2.45) is 0 Å². The summed E-state index contributed by atoms with van der Waals surface area (Å²) in [6, 6.07) is 6.36. The Morgan fingerprint density at radius 3 is 2.35 bits per heavy atom. The van der Waals surface area contributed by atoms with Crippen molar-refractivity contribution < 1.29 is 28.3 Å². The summed E-state index contributed by atoms with van der Waals surface area (Å²) in [7, 11) is -1.43. The van der Waals surface area contributed by atoms with Gasteiger partial charge < -0.3 is 14.0 Å². The predicted molar refractivity (Wildman–Crippen MR) is 55.0 cm³/mol. The Morgan fingerprint density at radius 1 is 1.18 bits per heavy atom. The topological polar surface area (TPSA) is 78.9 Å². The van der Waals surface area contributed by atoms with Gasteiger partial charge in [0.2, 0.25) is 0 Å². The average Bonchev–Trinajstić information content (AvgIpc) is 2.58. The van der Waals surface area contributed by atoms with E-state index in [0.717, 1.165) is 0 Å². The number of rotatable bonds is 3. The molecule has 0 unspecified atom stereocenters. The molecule has 1 aromatic carbocycles. The molecule has 0 aromatic heterocycles. The van der Waals surface area contributed by atoms with Crippen molar-refractivity contribution in [3.8, 4) is 5.75 Å². The fourth-order valence-electron chi connectivity index (χ4n) is 1.31. The summed E-state index contributed by atoms with van der Waals surface area (Å²) < 4.78 is 14.0. The van der Waals surface area contributed by atoms with E-state index in [1.807, 2.05) is 0 Å². The minimum atomic E-state index is -1.43. The Labute approximate surface area is 96.6 Å². The molecule has 1 saturated heterocycles. The van der Waals surface area contributed by atoms with E-state index in [2.05, 4.69) is 9.31 Å². The van der Waals surface area contributed by atoms with Crippen LogP contribution >= 0.6 is 0 Å². The van der Waals surface area contributed by atoms with E-state index in [4.69, 9.17) is 4.65 Å². The SMILES string of the molecule is CC(=O)c1ccccc1OB1OC(=O)C(=O)O1. The molecule has 0 amide bonds. The molecule has 1 aliphatic heterocycles. The van der Waals surface area contributed by atoms with Gasteiger partial charge in [-0.1, -0.05) is 12.1 Å². The third kappa shape index (κ3) is 2.27. The van der Waals surface area contributed by atoms with Crippen LogP contribution in [0.25, 0.3) is 0 Å². The molecular formula is C10H7BO6. The third-order valence-electron chi connectivity index (χ3n) is 2.06. The Morgan fingerprint density at radius 2 is 1.76 bits per heavy atom. The van der Waals surface area contributed by atoms with Crippen LogP contribution in [0, 0.1) is 0 Å². The largest absolute Gasteiger partial charge is 0.868 e. The molecule has 0 aliphatic carbocycles. The number of ketones is 1. The normalized spacial score (nSPS) is 14.3. The highest BCUT2D eigenvalue weighted by Gasteiger charge is 2.46. The Hall–Kier alpha value is -2.31. The van der Waals surface area contributed by atoms with Crippen molar-refractivity contribution in [1.29, 1.82) is 0 Å². The first-order valence-electron chi connectivity index (χ1n) is 4.76. The number of Topliss-reactive ketones (excluding diaryl/α,β-unsaturated/α-hetero) is 1. The second-order valence-corrected chi connectivity index (χ2v) is 3.27. The maximum atomic E-state index is 11.3. The van der Waals surface area contributed by atoms with Crippen molar-refractivity contribution in [1.82, 2.24) is 0 Å². The molecule has 1 heterocycles. The van der Waals surface area contributed by atoms with Crippen molar-refractivity contribution in [3.05, 3.63) is 29.8 Å². The molecule has 1 aliphatic rings. The standard InChI is InChI=1S/C10H7BO6/c1-6(12)7-4-2-3-5-8(7)15-11-16-9(13)10(14)17-11/h2-5H,1H3. The van der Waals surface area contributed by atoms with Gasteiger partial charge in [0, 0.05) is 0 Å². The molecule has 17 heavy (non-hydrogen) atoms. The van der Waals surface area contributed by atoms with Crippen LogP contribution < -0.4 is 4.65 Å². The smallest absolute Gasteiger partial charge is 0.489 e. The maximum absolute atomic E-state index is 11.3. The predicted octanol–water partition coefficient (Wildman–Crippen LogP) is 0.353. The molecule has 2 rings (SSSR count). The van der Waals surface area contributed by atoms with Crippen LogP contribution in [0.2, 0.25) is 0 Å². The molecule has 0 atom stereocenters. The van der Waals surface area contributed by atoms with E-state index in [1.54, 1.807) is 18.2 Å². The first-order chi connectivity index (χ1) is 8.08. The van der Waals surface area contributed by atoms with Gasteiger partial charge in [0.25, 0.3) is 0 Å². The highest BCUT2D eigenvalue weighted by Crippen LogP contribution is 2.20. The van der Waals surface area contributed by atoms with Crippen LogP contribution in [0.4, 0.5) is 0 Å². The monoisotopic (exact) mass is 234 g/mol. The Balaban J connectivity index is 2.17. The van der Waals surface area contributed by atoms with Gasteiger partial charge >= 0.3 is 19.3 Å². The maximum Gasteiger partial charge on any atom is 0.868 e. The van der Waals surface area contributed by atoms with Gasteiger partial charge in [-0.2, -0.15) is 0 Å². The van der Waals surface area contributed by atoms with Crippen LogP contribution in [0.5, 0.6) is 5.75 Å². The number of para-hydroxylation sites is 1. The van der Waals surface area contributed by atoms with Crippen molar-refractivity contribution in [2.75, 3.05) is 0 Å². The summed E-state index contributed by atoms with van der Waals surface area (Å²) in [5.41, 5.74) is 0.312. The zero-order valence-corrected chi connectivity index (χ0v) is 8.84. The molecule has 1 aromatic rings. The van der Waals surface area contributed by atoms with Crippen LogP contribution in [-0.4, -0.2) is 25.0 Å². The second kappa shape index (κ2) is 4.29. The second-order valence-electron chi connectivity index (χ2n) is 3.27. The lowest BCUT2D eigenvalue weighted by molar-refractivity contribution is -0.150. The molecule has 6 nitrogen and oxygen atoms in total. The highest BCUT2D eigenvalue weighted by molar-refractivity contribution is 6.56. The summed E-state index contributed by atoms with van der Waals surface area (Å²) in [5.74, 6) is -2.26. The third-order valence-corrected chi connectivity index (χ3v) is 2.06. The van der Waals surface area contributed by atoms with Gasteiger partial charge in [0.05, 0.1) is 5.56 Å². The lowest BCUT2D eigenvalue weighted by Gasteiger charge is -2.08. The average molecular weight is 234 g/mol. The number of carbonyl (C=O) groups excluding carboxylic acids is 3. The lowest BCUT2D eigenvalue weighted by atomic mass is 10.1. The van der Waals surface area contributed by atoms with Gasteiger partial charge in [0.15, 0.2) is 5.78 Å². The van der Waals surface area contributed by atoms with Gasteiger partial charge in [-0.15, -0.1) is 0 Å². The summed E-state index contributed by atoms with van der Waals surface area (Å²) in [6.07, 6.45) is 0. The minimum Gasteiger partial charge on any atom is -0.489 e. The fraction of sp³-hybridized carbons (Fsp3) is 0.100. The van der Waals surface area contributed by atoms with Gasteiger partial charge in [-0.3, -0.25) is 4.79 Å². The molecule has 7 heteroatoms. The molecular weight excluding hydrogens is 227 g/mol. The molecule has 0 N–H and O–H groups in total. The van der Waals surface area contributed by atoms with E-state index in [1.165, 1.54) is 13.0 Å². The van der Waals surface area contributed by atoms with Crippen LogP contribution in [0.1, 0.15) is 17.3 Å². The van der Waals surface area contributed by atoms with Crippen LogP contribution in [0.3, 0.4) is 0 Å². The van der Waals surface area contributed by atoms with E-state index in [-0.39, 0.29) is 11.5 Å². The zero-order chi connectivity index (χ0) is 12.4. The fourth-order valence-corrected chi connectivity index (χ4v) is 1.31. The first kappa shape index (κ1) is 11.2. The minimum absolute atomic E-state index is 0.188.